The van der Waals surface area contributed by atoms with Gasteiger partial charge in [0.2, 0.25) is 5.95 Å². The summed E-state index contributed by atoms with van der Waals surface area (Å²) < 4.78 is 19.1. The number of halogens is 1. The fourth-order valence-electron chi connectivity index (χ4n) is 1.99. The van der Waals surface area contributed by atoms with Crippen LogP contribution < -0.4 is 15.0 Å². The number of benzene rings is 1. The van der Waals surface area contributed by atoms with Crippen LogP contribution in [0.4, 0.5) is 16.2 Å². The van der Waals surface area contributed by atoms with Gasteiger partial charge >= 0.3 is 0 Å². The molecule has 2 aromatic rings. The van der Waals surface area contributed by atoms with Crippen LogP contribution in [0.25, 0.3) is 0 Å². The first kappa shape index (κ1) is 15.0. The zero-order valence-electron chi connectivity index (χ0n) is 12.4. The molecule has 0 unspecified atom stereocenters. The molecule has 0 atom stereocenters. The van der Waals surface area contributed by atoms with Gasteiger partial charge in [-0.3, -0.25) is 0 Å². The lowest BCUT2D eigenvalue weighted by Crippen LogP contribution is -2.20. The van der Waals surface area contributed by atoms with E-state index in [1.165, 1.54) is 6.20 Å². The summed E-state index contributed by atoms with van der Waals surface area (Å²) in [7, 11) is 3.41. The van der Waals surface area contributed by atoms with Crippen LogP contribution in [-0.2, 0) is 6.54 Å². The Morgan fingerprint density at radius 3 is 2.90 bits per heavy atom. The van der Waals surface area contributed by atoms with Gasteiger partial charge in [-0.25, -0.2) is 9.37 Å². The van der Waals surface area contributed by atoms with Crippen LogP contribution in [0.5, 0.6) is 5.75 Å². The number of nitrogens with zero attached hydrogens (tertiary/aromatic N) is 3. The second kappa shape index (κ2) is 6.88. The molecular weight excluding hydrogens is 271 g/mol. The molecule has 0 radical (unpaired) electrons. The zero-order valence-corrected chi connectivity index (χ0v) is 12.4. The van der Waals surface area contributed by atoms with Crippen LogP contribution in [0.2, 0.25) is 0 Å². The molecule has 0 spiro atoms. The Hall–Kier alpha value is -2.37. The van der Waals surface area contributed by atoms with Gasteiger partial charge in [0.15, 0.2) is 11.6 Å². The number of hydrogen-bond acceptors (Lipinski definition) is 5. The van der Waals surface area contributed by atoms with Gasteiger partial charge in [0, 0.05) is 20.1 Å². The summed E-state index contributed by atoms with van der Waals surface area (Å²) in [6.45, 7) is 3.15. The van der Waals surface area contributed by atoms with E-state index in [-0.39, 0.29) is 5.82 Å². The molecule has 1 aromatic carbocycles. The lowest BCUT2D eigenvalue weighted by atomic mass is 10.2. The summed E-state index contributed by atoms with van der Waals surface area (Å²) in [5.41, 5.74) is 1.01. The number of methoxy groups -OCH3 is 1. The predicted octanol–water partition coefficient (Wildman–Crippen LogP) is 2.69. The van der Waals surface area contributed by atoms with Crippen molar-refractivity contribution >= 4 is 11.8 Å². The van der Waals surface area contributed by atoms with Crippen molar-refractivity contribution in [1.29, 1.82) is 0 Å². The highest BCUT2D eigenvalue weighted by molar-refractivity contribution is 5.44. The molecule has 21 heavy (non-hydrogen) atoms. The lowest BCUT2D eigenvalue weighted by molar-refractivity contribution is 0.414. The molecule has 5 nitrogen and oxygen atoms in total. The Balaban J connectivity index is 2.18. The van der Waals surface area contributed by atoms with Gasteiger partial charge in [0.05, 0.1) is 13.3 Å². The highest BCUT2D eigenvalue weighted by atomic mass is 19.1. The Morgan fingerprint density at radius 2 is 2.19 bits per heavy atom. The fraction of sp³-hybridized carbons (Fsp3) is 0.333. The minimum absolute atomic E-state index is 0.267. The Bertz CT molecular complexity index is 606. The van der Waals surface area contributed by atoms with Gasteiger partial charge in [-0.2, -0.15) is 4.98 Å². The van der Waals surface area contributed by atoms with Gasteiger partial charge in [-0.1, -0.05) is 12.1 Å². The molecule has 2 rings (SSSR count). The highest BCUT2D eigenvalue weighted by Gasteiger charge is 2.12. The van der Waals surface area contributed by atoms with Crippen LogP contribution in [0.3, 0.4) is 0 Å². The molecule has 1 N–H and O–H groups in total. The van der Waals surface area contributed by atoms with Crippen molar-refractivity contribution in [3.05, 3.63) is 41.8 Å². The van der Waals surface area contributed by atoms with Crippen LogP contribution >= 0.6 is 0 Å². The molecule has 1 heterocycles. The van der Waals surface area contributed by atoms with E-state index in [0.29, 0.717) is 19.0 Å². The van der Waals surface area contributed by atoms with E-state index in [1.807, 2.05) is 31.2 Å². The molecule has 0 amide bonds. The SMILES string of the molecule is CCNc1ncc(F)c(N(C)Cc2cccc(OC)c2)n1. The van der Waals surface area contributed by atoms with Crippen LogP contribution in [0.1, 0.15) is 12.5 Å². The number of anilines is 2. The van der Waals surface area contributed by atoms with E-state index >= 15 is 0 Å². The first-order chi connectivity index (χ1) is 10.1. The summed E-state index contributed by atoms with van der Waals surface area (Å²) >= 11 is 0. The molecular formula is C15H19FN4O. The average Bonchev–Trinajstić information content (AvgIpc) is 2.49. The van der Waals surface area contributed by atoms with Gasteiger partial charge < -0.3 is 15.0 Å². The maximum Gasteiger partial charge on any atom is 0.224 e. The second-order valence-electron chi connectivity index (χ2n) is 4.60. The van der Waals surface area contributed by atoms with Crippen molar-refractivity contribution in [2.75, 3.05) is 30.9 Å². The highest BCUT2D eigenvalue weighted by Crippen LogP contribution is 2.20. The fourth-order valence-corrected chi connectivity index (χ4v) is 1.99. The number of aromatic nitrogens is 2. The van der Waals surface area contributed by atoms with Crippen molar-refractivity contribution in [2.45, 2.75) is 13.5 Å². The van der Waals surface area contributed by atoms with E-state index in [0.717, 1.165) is 11.3 Å². The van der Waals surface area contributed by atoms with Gasteiger partial charge in [0.1, 0.15) is 5.75 Å². The van der Waals surface area contributed by atoms with E-state index < -0.39 is 5.82 Å². The standard InChI is InChI=1S/C15H19FN4O/c1-4-17-15-18-9-13(16)14(19-15)20(2)10-11-6-5-7-12(8-11)21-3/h5-9H,4,10H2,1-3H3,(H,17,18,19). The third kappa shape index (κ3) is 3.81. The smallest absolute Gasteiger partial charge is 0.224 e. The topological polar surface area (TPSA) is 50.3 Å². The van der Waals surface area contributed by atoms with Crippen molar-refractivity contribution in [2.24, 2.45) is 0 Å². The Labute approximate surface area is 123 Å². The monoisotopic (exact) mass is 290 g/mol. The third-order valence-electron chi connectivity index (χ3n) is 2.98. The van der Waals surface area contributed by atoms with Crippen molar-refractivity contribution in [3.63, 3.8) is 0 Å². The number of rotatable bonds is 6. The summed E-state index contributed by atoms with van der Waals surface area (Å²) in [6.07, 6.45) is 1.18. The van der Waals surface area contributed by atoms with Crippen molar-refractivity contribution in [1.82, 2.24) is 9.97 Å². The Morgan fingerprint density at radius 1 is 1.38 bits per heavy atom. The maximum atomic E-state index is 13.9. The summed E-state index contributed by atoms with van der Waals surface area (Å²) in [5.74, 6) is 1.02. The molecule has 0 saturated heterocycles. The molecule has 1 aromatic heterocycles. The summed E-state index contributed by atoms with van der Waals surface area (Å²) in [6, 6.07) is 7.66. The molecule has 112 valence electrons. The van der Waals surface area contributed by atoms with Crippen molar-refractivity contribution < 1.29 is 9.13 Å². The van der Waals surface area contributed by atoms with E-state index in [2.05, 4.69) is 15.3 Å². The average molecular weight is 290 g/mol. The molecule has 0 fully saturated rings. The van der Waals surface area contributed by atoms with Gasteiger partial charge in [-0.15, -0.1) is 0 Å². The van der Waals surface area contributed by atoms with Crippen LogP contribution in [-0.4, -0.2) is 30.7 Å². The quantitative estimate of drug-likeness (QED) is 0.886. The molecule has 6 heteroatoms. The van der Waals surface area contributed by atoms with Crippen LogP contribution in [0, 0.1) is 5.82 Å². The second-order valence-corrected chi connectivity index (χ2v) is 4.60. The first-order valence-corrected chi connectivity index (χ1v) is 6.74. The van der Waals surface area contributed by atoms with E-state index in [4.69, 9.17) is 4.74 Å². The van der Waals surface area contributed by atoms with Crippen LogP contribution in [0.15, 0.2) is 30.5 Å². The van der Waals surface area contributed by atoms with Gasteiger partial charge in [0.25, 0.3) is 0 Å². The number of ether oxygens (including phenoxy) is 1. The summed E-state index contributed by atoms with van der Waals surface area (Å²) in [5, 5.41) is 2.98. The number of hydrogen-bond donors (Lipinski definition) is 1. The first-order valence-electron chi connectivity index (χ1n) is 6.74. The lowest BCUT2D eigenvalue weighted by Gasteiger charge is -2.19. The van der Waals surface area contributed by atoms with E-state index in [1.54, 1.807) is 19.1 Å². The Kier molecular flexibility index (Phi) is 4.92. The largest absolute Gasteiger partial charge is 0.497 e. The molecule has 0 bridgehead atoms. The molecule has 0 aliphatic heterocycles. The minimum Gasteiger partial charge on any atom is -0.497 e. The summed E-state index contributed by atoms with van der Waals surface area (Å²) in [4.78, 5) is 9.84. The number of nitrogens with one attached hydrogen (secondary N) is 1. The van der Waals surface area contributed by atoms with Crippen molar-refractivity contribution in [3.8, 4) is 5.75 Å². The van der Waals surface area contributed by atoms with Gasteiger partial charge in [-0.05, 0) is 24.6 Å². The maximum absolute atomic E-state index is 13.9. The molecule has 0 saturated carbocycles. The molecule has 0 aliphatic rings. The minimum atomic E-state index is -0.443. The predicted molar refractivity (Wildman–Crippen MR) is 81.3 cm³/mol. The zero-order chi connectivity index (χ0) is 15.2. The molecule has 0 aliphatic carbocycles. The third-order valence-corrected chi connectivity index (χ3v) is 2.98. The normalized spacial score (nSPS) is 10.3. The van der Waals surface area contributed by atoms with E-state index in [9.17, 15) is 4.39 Å².